The molecule has 1 aromatic carbocycles. The van der Waals surface area contributed by atoms with Crippen LogP contribution in [0.15, 0.2) is 24.3 Å². The first-order chi connectivity index (χ1) is 9.33. The van der Waals surface area contributed by atoms with Gasteiger partial charge in [-0.2, -0.15) is 0 Å². The lowest BCUT2D eigenvalue weighted by atomic mass is 10.2. The van der Waals surface area contributed by atoms with Gasteiger partial charge in [0.15, 0.2) is 0 Å². The molecule has 110 valence electrons. The van der Waals surface area contributed by atoms with Crippen LogP contribution in [0.1, 0.15) is 32.8 Å². The molecule has 1 aliphatic rings. The minimum absolute atomic E-state index is 0.0457. The molecule has 0 aliphatic carbocycles. The van der Waals surface area contributed by atoms with Gasteiger partial charge in [-0.05, 0) is 45.4 Å². The van der Waals surface area contributed by atoms with E-state index in [1.807, 2.05) is 52.0 Å². The maximum absolute atomic E-state index is 12.0. The lowest BCUT2D eigenvalue weighted by molar-refractivity contribution is 0.0275. The number of likely N-dealkylation sites (tertiary alicyclic amines) is 1. The molecule has 0 aromatic heterocycles. The third-order valence-corrected chi connectivity index (χ3v) is 3.09. The standard InChI is InChI=1S/C16H23NO3/c1-12-6-5-7-13(10-12)19-14-8-9-17(11-14)15(18)20-16(2,3)4/h5-7,10,14H,8-9,11H2,1-4H3/t14-/m1/s1. The van der Waals surface area contributed by atoms with Crippen LogP contribution < -0.4 is 4.74 Å². The second-order valence-corrected chi connectivity index (χ2v) is 6.27. The second kappa shape index (κ2) is 5.73. The van der Waals surface area contributed by atoms with Crippen LogP contribution in [0.3, 0.4) is 0 Å². The molecule has 2 rings (SSSR count). The summed E-state index contributed by atoms with van der Waals surface area (Å²) in [5.41, 5.74) is 0.719. The van der Waals surface area contributed by atoms with Gasteiger partial charge >= 0.3 is 6.09 Å². The molecule has 1 aromatic rings. The van der Waals surface area contributed by atoms with Gasteiger partial charge in [-0.3, -0.25) is 0 Å². The summed E-state index contributed by atoms with van der Waals surface area (Å²) in [6, 6.07) is 7.97. The van der Waals surface area contributed by atoms with Crippen LogP contribution in [0.2, 0.25) is 0 Å². The van der Waals surface area contributed by atoms with E-state index in [1.54, 1.807) is 4.90 Å². The summed E-state index contributed by atoms with van der Waals surface area (Å²) >= 11 is 0. The largest absolute Gasteiger partial charge is 0.489 e. The highest BCUT2D eigenvalue weighted by molar-refractivity contribution is 5.68. The van der Waals surface area contributed by atoms with Gasteiger partial charge in [0.05, 0.1) is 6.54 Å². The minimum Gasteiger partial charge on any atom is -0.489 e. The summed E-state index contributed by atoms with van der Waals surface area (Å²) in [5, 5.41) is 0. The molecule has 1 amide bonds. The molecule has 4 heteroatoms. The molecule has 4 nitrogen and oxygen atoms in total. The van der Waals surface area contributed by atoms with Crippen molar-refractivity contribution in [3.05, 3.63) is 29.8 Å². The number of rotatable bonds is 2. The van der Waals surface area contributed by atoms with Crippen molar-refractivity contribution in [2.45, 2.75) is 45.8 Å². The lowest BCUT2D eigenvalue weighted by Gasteiger charge is -2.24. The van der Waals surface area contributed by atoms with Crippen molar-refractivity contribution in [3.8, 4) is 5.75 Å². The third kappa shape index (κ3) is 4.15. The van der Waals surface area contributed by atoms with Crippen LogP contribution in [-0.4, -0.2) is 35.8 Å². The first-order valence-corrected chi connectivity index (χ1v) is 7.05. The van der Waals surface area contributed by atoms with Crippen molar-refractivity contribution >= 4 is 6.09 Å². The summed E-state index contributed by atoms with van der Waals surface area (Å²) < 4.78 is 11.3. The molecule has 0 spiro atoms. The molecule has 1 heterocycles. The lowest BCUT2D eigenvalue weighted by Crippen LogP contribution is -2.36. The molecular weight excluding hydrogens is 254 g/mol. The predicted octanol–water partition coefficient (Wildman–Crippen LogP) is 3.38. The van der Waals surface area contributed by atoms with E-state index in [-0.39, 0.29) is 12.2 Å². The van der Waals surface area contributed by atoms with E-state index in [0.717, 1.165) is 12.2 Å². The Labute approximate surface area is 120 Å². The van der Waals surface area contributed by atoms with Crippen LogP contribution in [0.25, 0.3) is 0 Å². The van der Waals surface area contributed by atoms with E-state index in [4.69, 9.17) is 9.47 Å². The van der Waals surface area contributed by atoms with E-state index < -0.39 is 5.60 Å². The van der Waals surface area contributed by atoms with E-state index in [9.17, 15) is 4.79 Å². The number of amides is 1. The zero-order valence-electron chi connectivity index (χ0n) is 12.7. The van der Waals surface area contributed by atoms with Crippen LogP contribution >= 0.6 is 0 Å². The topological polar surface area (TPSA) is 38.8 Å². The molecule has 0 unspecified atom stereocenters. The highest BCUT2D eigenvalue weighted by Crippen LogP contribution is 2.21. The predicted molar refractivity (Wildman–Crippen MR) is 78.0 cm³/mol. The van der Waals surface area contributed by atoms with Crippen molar-refractivity contribution in [2.24, 2.45) is 0 Å². The number of benzene rings is 1. The number of hydrogen-bond acceptors (Lipinski definition) is 3. The highest BCUT2D eigenvalue weighted by Gasteiger charge is 2.30. The minimum atomic E-state index is -0.452. The molecule has 1 saturated heterocycles. The second-order valence-electron chi connectivity index (χ2n) is 6.27. The SMILES string of the molecule is Cc1cccc(O[C@@H]2CCN(C(=O)OC(C)(C)C)C2)c1. The normalized spacial score (nSPS) is 19.0. The summed E-state index contributed by atoms with van der Waals surface area (Å²) in [5.74, 6) is 0.862. The molecule has 0 radical (unpaired) electrons. The Hall–Kier alpha value is -1.71. The number of carbonyl (C=O) groups is 1. The van der Waals surface area contributed by atoms with Crippen LogP contribution in [-0.2, 0) is 4.74 Å². The fourth-order valence-electron chi connectivity index (χ4n) is 2.20. The number of aryl methyl sites for hydroxylation is 1. The summed E-state index contributed by atoms with van der Waals surface area (Å²) in [7, 11) is 0. The van der Waals surface area contributed by atoms with Gasteiger partial charge in [0.25, 0.3) is 0 Å². The summed E-state index contributed by atoms with van der Waals surface area (Å²) in [4.78, 5) is 13.7. The molecule has 1 fully saturated rings. The Bertz CT molecular complexity index is 479. The van der Waals surface area contributed by atoms with Crippen molar-refractivity contribution in [3.63, 3.8) is 0 Å². The fourth-order valence-corrected chi connectivity index (χ4v) is 2.20. The quantitative estimate of drug-likeness (QED) is 0.831. The van der Waals surface area contributed by atoms with Gasteiger partial charge in [-0.25, -0.2) is 4.79 Å². The monoisotopic (exact) mass is 277 g/mol. The van der Waals surface area contributed by atoms with Gasteiger partial charge in [0.2, 0.25) is 0 Å². The molecule has 20 heavy (non-hydrogen) atoms. The molecule has 1 atom stereocenters. The highest BCUT2D eigenvalue weighted by atomic mass is 16.6. The van der Waals surface area contributed by atoms with Crippen molar-refractivity contribution in [1.29, 1.82) is 0 Å². The van der Waals surface area contributed by atoms with Gasteiger partial charge in [-0.15, -0.1) is 0 Å². The van der Waals surface area contributed by atoms with E-state index >= 15 is 0 Å². The molecule has 0 bridgehead atoms. The van der Waals surface area contributed by atoms with Crippen LogP contribution in [0.4, 0.5) is 4.79 Å². The number of hydrogen-bond donors (Lipinski definition) is 0. The Kier molecular flexibility index (Phi) is 4.21. The summed E-state index contributed by atoms with van der Waals surface area (Å²) in [6.07, 6.45) is 0.629. The Morgan fingerprint density at radius 2 is 2.10 bits per heavy atom. The van der Waals surface area contributed by atoms with Gasteiger partial charge in [0, 0.05) is 13.0 Å². The maximum atomic E-state index is 12.0. The van der Waals surface area contributed by atoms with Gasteiger partial charge < -0.3 is 14.4 Å². The zero-order valence-corrected chi connectivity index (χ0v) is 12.7. The Balaban J connectivity index is 1.88. The van der Waals surface area contributed by atoms with Crippen molar-refractivity contribution in [1.82, 2.24) is 4.90 Å². The van der Waals surface area contributed by atoms with Gasteiger partial charge in [0.1, 0.15) is 17.5 Å². The van der Waals surface area contributed by atoms with E-state index in [2.05, 4.69) is 0 Å². The smallest absolute Gasteiger partial charge is 0.410 e. The molecule has 0 N–H and O–H groups in total. The van der Waals surface area contributed by atoms with Gasteiger partial charge in [-0.1, -0.05) is 12.1 Å². The first-order valence-electron chi connectivity index (χ1n) is 7.05. The van der Waals surface area contributed by atoms with Crippen molar-refractivity contribution < 1.29 is 14.3 Å². The van der Waals surface area contributed by atoms with E-state index in [1.165, 1.54) is 5.56 Å². The summed E-state index contributed by atoms with van der Waals surface area (Å²) in [6.45, 7) is 8.94. The maximum Gasteiger partial charge on any atom is 0.410 e. The Morgan fingerprint density at radius 1 is 1.35 bits per heavy atom. The fraction of sp³-hybridized carbons (Fsp3) is 0.562. The third-order valence-electron chi connectivity index (χ3n) is 3.09. The first kappa shape index (κ1) is 14.7. The zero-order chi connectivity index (χ0) is 14.8. The molecular formula is C16H23NO3. The number of nitrogens with zero attached hydrogens (tertiary/aromatic N) is 1. The average Bonchev–Trinajstić information content (AvgIpc) is 2.75. The molecule has 0 saturated carbocycles. The molecule has 1 aliphatic heterocycles. The van der Waals surface area contributed by atoms with Crippen LogP contribution in [0, 0.1) is 6.92 Å². The van der Waals surface area contributed by atoms with E-state index in [0.29, 0.717) is 13.1 Å². The Morgan fingerprint density at radius 3 is 2.75 bits per heavy atom. The average molecular weight is 277 g/mol. The number of ether oxygens (including phenoxy) is 2. The van der Waals surface area contributed by atoms with Crippen molar-refractivity contribution in [2.75, 3.05) is 13.1 Å². The van der Waals surface area contributed by atoms with Crippen LogP contribution in [0.5, 0.6) is 5.75 Å². The number of carbonyl (C=O) groups excluding carboxylic acids is 1.